The fourth-order valence-electron chi connectivity index (χ4n) is 3.21. The highest BCUT2D eigenvalue weighted by atomic mass is 32.2. The molecule has 0 atom stereocenters. The molecule has 1 aromatic heterocycles. The summed E-state index contributed by atoms with van der Waals surface area (Å²) in [5.41, 5.74) is 2.27. The van der Waals surface area contributed by atoms with Gasteiger partial charge in [0.15, 0.2) is 5.16 Å². The molecule has 158 valence electrons. The minimum Gasteiger partial charge on any atom is -0.497 e. The molecule has 0 amide bonds. The van der Waals surface area contributed by atoms with Crippen LogP contribution < -0.4 is 9.64 Å². The summed E-state index contributed by atoms with van der Waals surface area (Å²) in [6, 6.07) is 20.6. The van der Waals surface area contributed by atoms with Crippen LogP contribution in [0.4, 0.5) is 20.3 Å². The molecule has 0 saturated heterocycles. The smallest absolute Gasteiger partial charge is 0.174 e. The molecule has 0 aliphatic rings. The number of ether oxygens (including phenoxy) is 1. The van der Waals surface area contributed by atoms with E-state index < -0.39 is 0 Å². The van der Waals surface area contributed by atoms with Crippen molar-refractivity contribution < 1.29 is 13.5 Å². The van der Waals surface area contributed by atoms with Gasteiger partial charge in [-0.25, -0.2) is 13.8 Å². The Labute approximate surface area is 184 Å². The normalized spacial score (nSPS) is 10.8. The number of rotatable bonds is 7. The fraction of sp³-hybridized carbons (Fsp3) is 0.125. The summed E-state index contributed by atoms with van der Waals surface area (Å²) in [6.07, 6.45) is 1.76. The van der Waals surface area contributed by atoms with Gasteiger partial charge in [0.2, 0.25) is 0 Å². The summed E-state index contributed by atoms with van der Waals surface area (Å²) in [5, 5.41) is 0.680. The van der Waals surface area contributed by atoms with Crippen molar-refractivity contribution in [1.82, 2.24) is 9.55 Å². The highest BCUT2D eigenvalue weighted by Crippen LogP contribution is 2.34. The number of imidazole rings is 1. The molecule has 31 heavy (non-hydrogen) atoms. The lowest BCUT2D eigenvalue weighted by Gasteiger charge is -2.22. The Morgan fingerprint density at radius 2 is 1.77 bits per heavy atom. The summed E-state index contributed by atoms with van der Waals surface area (Å²) >= 11 is 1.42. The first-order valence-corrected chi connectivity index (χ1v) is 10.6. The van der Waals surface area contributed by atoms with Crippen LogP contribution in [0.25, 0.3) is 5.69 Å². The van der Waals surface area contributed by atoms with Crippen LogP contribution in [0.5, 0.6) is 5.75 Å². The van der Waals surface area contributed by atoms with E-state index in [2.05, 4.69) is 4.98 Å². The van der Waals surface area contributed by atoms with Crippen molar-refractivity contribution in [2.45, 2.75) is 10.9 Å². The number of hydrogen-bond acceptors (Lipinski definition) is 4. The van der Waals surface area contributed by atoms with Crippen molar-refractivity contribution in [3.8, 4) is 11.4 Å². The maximum atomic E-state index is 14.1. The minimum absolute atomic E-state index is 0.247. The average Bonchev–Trinajstić information content (AvgIpc) is 3.22. The molecule has 0 spiro atoms. The predicted octanol–water partition coefficient (Wildman–Crippen LogP) is 6.22. The van der Waals surface area contributed by atoms with Gasteiger partial charge < -0.3 is 9.64 Å². The summed E-state index contributed by atoms with van der Waals surface area (Å²) in [6.45, 7) is 0. The standard InChI is InChI=1S/C24H21F2N3OS/c1-28(20-7-5-8-21(14-20)30-2)23-15-27-24(29(23)19-12-10-18(25)11-13-19)31-16-17-6-3-4-9-22(17)26/h3-15H,16H2,1-2H3. The number of thioether (sulfide) groups is 1. The number of hydrogen-bond donors (Lipinski definition) is 0. The van der Waals surface area contributed by atoms with Crippen molar-refractivity contribution in [3.63, 3.8) is 0 Å². The quantitative estimate of drug-likeness (QED) is 0.321. The molecule has 0 aliphatic heterocycles. The van der Waals surface area contributed by atoms with E-state index in [-0.39, 0.29) is 11.6 Å². The SMILES string of the molecule is COc1cccc(N(C)c2cnc(SCc3ccccc3F)n2-c2ccc(F)cc2)c1. The molecule has 4 rings (SSSR count). The fourth-order valence-corrected chi connectivity index (χ4v) is 4.18. The van der Waals surface area contributed by atoms with Gasteiger partial charge in [0, 0.05) is 30.2 Å². The molecule has 3 aromatic carbocycles. The third-order valence-electron chi connectivity index (χ3n) is 4.89. The van der Waals surface area contributed by atoms with Crippen LogP contribution >= 0.6 is 11.8 Å². The van der Waals surface area contributed by atoms with Crippen molar-refractivity contribution in [1.29, 1.82) is 0 Å². The van der Waals surface area contributed by atoms with Gasteiger partial charge in [-0.05, 0) is 48.0 Å². The molecule has 0 bridgehead atoms. The van der Waals surface area contributed by atoms with E-state index in [0.717, 1.165) is 22.9 Å². The van der Waals surface area contributed by atoms with Crippen LogP contribution in [0.15, 0.2) is 84.1 Å². The Kier molecular flexibility index (Phi) is 6.23. The Morgan fingerprint density at radius 3 is 2.52 bits per heavy atom. The second-order valence-corrected chi connectivity index (χ2v) is 7.79. The minimum atomic E-state index is -0.313. The van der Waals surface area contributed by atoms with Crippen LogP contribution in [-0.2, 0) is 5.75 Å². The molecule has 1 heterocycles. The number of benzene rings is 3. The van der Waals surface area contributed by atoms with Crippen LogP contribution in [0.1, 0.15) is 5.56 Å². The largest absolute Gasteiger partial charge is 0.497 e. The molecular formula is C24H21F2N3OS. The van der Waals surface area contributed by atoms with Gasteiger partial charge in [-0.3, -0.25) is 4.57 Å². The van der Waals surface area contributed by atoms with E-state index in [1.807, 2.05) is 46.8 Å². The maximum Gasteiger partial charge on any atom is 0.174 e. The highest BCUT2D eigenvalue weighted by molar-refractivity contribution is 7.98. The van der Waals surface area contributed by atoms with Crippen molar-refractivity contribution in [2.75, 3.05) is 19.1 Å². The first-order chi connectivity index (χ1) is 15.1. The number of anilines is 2. The molecule has 0 radical (unpaired) electrons. The van der Waals surface area contributed by atoms with Gasteiger partial charge in [0.05, 0.1) is 13.3 Å². The van der Waals surface area contributed by atoms with Crippen LogP contribution in [0, 0.1) is 11.6 Å². The van der Waals surface area contributed by atoms with E-state index in [0.29, 0.717) is 16.5 Å². The van der Waals surface area contributed by atoms with Crippen LogP contribution in [0.3, 0.4) is 0 Å². The van der Waals surface area contributed by atoms with Gasteiger partial charge >= 0.3 is 0 Å². The molecule has 0 unspecified atom stereocenters. The van der Waals surface area contributed by atoms with Gasteiger partial charge in [0.1, 0.15) is 23.2 Å². The second-order valence-electron chi connectivity index (χ2n) is 6.85. The first kappa shape index (κ1) is 20.9. The predicted molar refractivity (Wildman–Crippen MR) is 121 cm³/mol. The molecule has 0 aliphatic carbocycles. The van der Waals surface area contributed by atoms with Crippen LogP contribution in [-0.4, -0.2) is 23.7 Å². The molecular weight excluding hydrogens is 416 g/mol. The molecule has 0 saturated carbocycles. The molecule has 0 N–H and O–H groups in total. The molecule has 4 aromatic rings. The maximum absolute atomic E-state index is 14.1. The summed E-state index contributed by atoms with van der Waals surface area (Å²) in [4.78, 5) is 6.56. The van der Waals surface area contributed by atoms with E-state index in [1.165, 1.54) is 30.0 Å². The summed E-state index contributed by atoms with van der Waals surface area (Å²) in [5.74, 6) is 1.39. The Hall–Kier alpha value is -3.32. The summed E-state index contributed by atoms with van der Waals surface area (Å²) in [7, 11) is 3.55. The van der Waals surface area contributed by atoms with Crippen molar-refractivity contribution in [2.24, 2.45) is 0 Å². The van der Waals surface area contributed by atoms with E-state index in [4.69, 9.17) is 4.74 Å². The molecule has 7 heteroatoms. The zero-order valence-corrected chi connectivity index (χ0v) is 17.9. The van der Waals surface area contributed by atoms with E-state index in [9.17, 15) is 8.78 Å². The third kappa shape index (κ3) is 4.56. The van der Waals surface area contributed by atoms with E-state index >= 15 is 0 Å². The van der Waals surface area contributed by atoms with E-state index in [1.54, 1.807) is 37.6 Å². The number of nitrogens with zero attached hydrogens (tertiary/aromatic N) is 3. The topological polar surface area (TPSA) is 30.3 Å². The van der Waals surface area contributed by atoms with Gasteiger partial charge in [-0.15, -0.1) is 0 Å². The second kappa shape index (κ2) is 9.22. The zero-order valence-electron chi connectivity index (χ0n) is 17.1. The number of halogens is 2. The Balaban J connectivity index is 1.73. The van der Waals surface area contributed by atoms with Gasteiger partial charge in [0.25, 0.3) is 0 Å². The van der Waals surface area contributed by atoms with Crippen molar-refractivity contribution >= 4 is 23.3 Å². The summed E-state index contributed by atoms with van der Waals surface area (Å²) < 4.78 is 34.9. The molecule has 4 nitrogen and oxygen atoms in total. The van der Waals surface area contributed by atoms with Gasteiger partial charge in [-0.2, -0.15) is 0 Å². The lowest BCUT2D eigenvalue weighted by molar-refractivity contribution is 0.415. The van der Waals surface area contributed by atoms with Crippen molar-refractivity contribution in [3.05, 3.63) is 96.2 Å². The monoisotopic (exact) mass is 437 g/mol. The lowest BCUT2D eigenvalue weighted by atomic mass is 10.2. The third-order valence-corrected chi connectivity index (χ3v) is 5.90. The Morgan fingerprint density at radius 1 is 1.00 bits per heavy atom. The average molecular weight is 438 g/mol. The highest BCUT2D eigenvalue weighted by Gasteiger charge is 2.18. The number of methoxy groups -OCH3 is 1. The molecule has 0 fully saturated rings. The van der Waals surface area contributed by atoms with Crippen LogP contribution in [0.2, 0.25) is 0 Å². The van der Waals surface area contributed by atoms with Gasteiger partial charge in [-0.1, -0.05) is 36.0 Å². The first-order valence-electron chi connectivity index (χ1n) is 9.64. The zero-order chi connectivity index (χ0) is 21.8. The number of aromatic nitrogens is 2. The lowest BCUT2D eigenvalue weighted by Crippen LogP contribution is -2.14. The Bertz CT molecular complexity index is 1180.